The summed E-state index contributed by atoms with van der Waals surface area (Å²) >= 11 is 0. The molecule has 3 aromatic rings. The van der Waals surface area contributed by atoms with Gasteiger partial charge in [-0.25, -0.2) is 18.4 Å². The first-order valence-corrected chi connectivity index (χ1v) is 9.73. The third kappa shape index (κ3) is 4.48. The Morgan fingerprint density at radius 3 is 2.46 bits per heavy atom. The van der Waals surface area contributed by atoms with Gasteiger partial charge in [0.1, 0.15) is 17.8 Å². The average molecular weight is 400 g/mol. The van der Waals surface area contributed by atoms with E-state index in [2.05, 4.69) is 25.5 Å². The molecule has 1 aromatic heterocycles. The van der Waals surface area contributed by atoms with E-state index in [9.17, 15) is 8.42 Å². The van der Waals surface area contributed by atoms with Crippen LogP contribution < -0.4 is 26.0 Å². The molecule has 0 amide bonds. The van der Waals surface area contributed by atoms with Crippen LogP contribution in [0.3, 0.4) is 0 Å². The van der Waals surface area contributed by atoms with Gasteiger partial charge in [0.05, 0.1) is 12.0 Å². The van der Waals surface area contributed by atoms with Crippen molar-refractivity contribution in [1.29, 1.82) is 0 Å². The molecule has 146 valence electrons. The van der Waals surface area contributed by atoms with Crippen LogP contribution in [-0.2, 0) is 10.0 Å². The van der Waals surface area contributed by atoms with Gasteiger partial charge >= 0.3 is 0 Å². The fourth-order valence-electron chi connectivity index (χ4n) is 2.32. The standard InChI is InChI=1S/C18H20N6O3S/c1-12-6-8-15(9-7-12)28(25,26)24-23-18-16(19)17(20-11-21-18)22-13-4-3-5-14(10-13)27-2/h3-11,24H,19H2,1-2H3,(H2,20,21,22,23). The molecule has 10 heteroatoms. The number of methoxy groups -OCH3 is 1. The van der Waals surface area contributed by atoms with Gasteiger partial charge in [0, 0.05) is 11.8 Å². The second-order valence-corrected chi connectivity index (χ2v) is 7.57. The molecule has 0 radical (unpaired) electrons. The van der Waals surface area contributed by atoms with Crippen LogP contribution in [0.15, 0.2) is 59.8 Å². The Kier molecular flexibility index (Phi) is 5.62. The van der Waals surface area contributed by atoms with Crippen molar-refractivity contribution in [1.82, 2.24) is 14.8 Å². The normalized spacial score (nSPS) is 11.1. The molecule has 2 aromatic carbocycles. The highest BCUT2D eigenvalue weighted by atomic mass is 32.2. The molecule has 0 saturated heterocycles. The van der Waals surface area contributed by atoms with Crippen molar-refractivity contribution in [2.24, 2.45) is 0 Å². The van der Waals surface area contributed by atoms with Gasteiger partial charge in [-0.3, -0.25) is 5.43 Å². The molecule has 0 aliphatic carbocycles. The Balaban J connectivity index is 1.76. The molecule has 0 saturated carbocycles. The lowest BCUT2D eigenvalue weighted by molar-refractivity contribution is 0.415. The van der Waals surface area contributed by atoms with Crippen molar-refractivity contribution in [2.75, 3.05) is 23.6 Å². The van der Waals surface area contributed by atoms with Gasteiger partial charge in [0.25, 0.3) is 10.0 Å². The first-order chi connectivity index (χ1) is 13.4. The SMILES string of the molecule is COc1cccc(Nc2ncnc(NNS(=O)(=O)c3ccc(C)cc3)c2N)c1. The molecule has 0 aliphatic rings. The summed E-state index contributed by atoms with van der Waals surface area (Å²) in [6.07, 6.45) is 1.27. The topological polar surface area (TPSA) is 131 Å². The maximum atomic E-state index is 12.4. The number of benzene rings is 2. The van der Waals surface area contributed by atoms with Crippen molar-refractivity contribution in [3.63, 3.8) is 0 Å². The minimum absolute atomic E-state index is 0.118. The highest BCUT2D eigenvalue weighted by Crippen LogP contribution is 2.27. The van der Waals surface area contributed by atoms with Crippen LogP contribution in [-0.4, -0.2) is 25.5 Å². The third-order valence-corrected chi connectivity index (χ3v) is 5.12. The summed E-state index contributed by atoms with van der Waals surface area (Å²) in [5.41, 5.74) is 10.4. The predicted molar refractivity (Wildman–Crippen MR) is 108 cm³/mol. The highest BCUT2D eigenvalue weighted by molar-refractivity contribution is 7.89. The largest absolute Gasteiger partial charge is 0.497 e. The number of aryl methyl sites for hydroxylation is 1. The highest BCUT2D eigenvalue weighted by Gasteiger charge is 2.15. The van der Waals surface area contributed by atoms with Gasteiger partial charge in [0.15, 0.2) is 11.6 Å². The number of rotatable bonds is 7. The summed E-state index contributed by atoms with van der Waals surface area (Å²) in [5, 5.41) is 3.05. The molecule has 3 rings (SSSR count). The zero-order valence-electron chi connectivity index (χ0n) is 15.3. The Labute approximate surface area is 163 Å². The van der Waals surface area contributed by atoms with Crippen LogP contribution in [0.5, 0.6) is 5.75 Å². The van der Waals surface area contributed by atoms with Crippen molar-refractivity contribution < 1.29 is 13.2 Å². The smallest absolute Gasteiger partial charge is 0.257 e. The Morgan fingerprint density at radius 2 is 1.75 bits per heavy atom. The number of nitrogens with zero attached hydrogens (tertiary/aromatic N) is 2. The number of sulfonamides is 1. The van der Waals surface area contributed by atoms with Gasteiger partial charge in [-0.1, -0.05) is 23.8 Å². The number of hydrogen-bond donors (Lipinski definition) is 4. The number of aromatic nitrogens is 2. The summed E-state index contributed by atoms with van der Waals surface area (Å²) in [5.74, 6) is 1.11. The number of nitrogens with one attached hydrogen (secondary N) is 3. The second-order valence-electron chi connectivity index (χ2n) is 5.89. The summed E-state index contributed by atoms with van der Waals surface area (Å²) in [7, 11) is -2.22. The number of nitrogens with two attached hydrogens (primary N) is 1. The summed E-state index contributed by atoms with van der Waals surface area (Å²) in [6, 6.07) is 13.7. The number of hydrogen-bond acceptors (Lipinski definition) is 8. The fourth-order valence-corrected chi connectivity index (χ4v) is 3.17. The molecular weight excluding hydrogens is 380 g/mol. The molecule has 0 bridgehead atoms. The number of ether oxygens (including phenoxy) is 1. The Bertz CT molecular complexity index is 1070. The molecule has 28 heavy (non-hydrogen) atoms. The van der Waals surface area contributed by atoms with Crippen molar-refractivity contribution >= 4 is 33.0 Å². The summed E-state index contributed by atoms with van der Waals surface area (Å²) in [4.78, 5) is 10.5. The van der Waals surface area contributed by atoms with Crippen molar-refractivity contribution in [3.8, 4) is 5.75 Å². The van der Waals surface area contributed by atoms with Gasteiger partial charge in [0.2, 0.25) is 0 Å². The van der Waals surface area contributed by atoms with E-state index >= 15 is 0 Å². The maximum absolute atomic E-state index is 12.4. The van der Waals surface area contributed by atoms with Crippen molar-refractivity contribution in [2.45, 2.75) is 11.8 Å². The average Bonchev–Trinajstić information content (AvgIpc) is 2.69. The Hall–Kier alpha value is -3.37. The lowest BCUT2D eigenvalue weighted by Gasteiger charge is -2.14. The quantitative estimate of drug-likeness (QED) is 0.445. The van der Waals surface area contributed by atoms with Crippen LogP contribution in [0.1, 0.15) is 5.56 Å². The molecule has 0 unspecified atom stereocenters. The minimum Gasteiger partial charge on any atom is -0.497 e. The van der Waals surface area contributed by atoms with Gasteiger partial charge in [-0.15, -0.1) is 4.83 Å². The first-order valence-electron chi connectivity index (χ1n) is 8.25. The van der Waals surface area contributed by atoms with E-state index in [0.717, 1.165) is 5.56 Å². The third-order valence-electron chi connectivity index (χ3n) is 3.85. The molecular formula is C18H20N6O3S. The van der Waals surface area contributed by atoms with E-state index in [-0.39, 0.29) is 16.4 Å². The van der Waals surface area contributed by atoms with Crippen LogP contribution in [0, 0.1) is 6.92 Å². The molecule has 9 nitrogen and oxygen atoms in total. The van der Waals surface area contributed by atoms with Crippen LogP contribution in [0.25, 0.3) is 0 Å². The molecule has 0 aliphatic heterocycles. The van der Waals surface area contributed by atoms with E-state index in [1.807, 2.05) is 19.1 Å². The number of nitrogen functional groups attached to an aromatic ring is 1. The predicted octanol–water partition coefficient (Wildman–Crippen LogP) is 2.42. The number of hydrazine groups is 1. The number of anilines is 4. The van der Waals surface area contributed by atoms with Crippen LogP contribution >= 0.6 is 0 Å². The first kappa shape index (κ1) is 19.4. The Morgan fingerprint density at radius 1 is 1.04 bits per heavy atom. The van der Waals surface area contributed by atoms with Crippen molar-refractivity contribution in [3.05, 3.63) is 60.4 Å². The zero-order valence-corrected chi connectivity index (χ0v) is 16.1. The lowest BCUT2D eigenvalue weighted by Crippen LogP contribution is -2.30. The maximum Gasteiger partial charge on any atom is 0.257 e. The van der Waals surface area contributed by atoms with Gasteiger partial charge in [-0.05, 0) is 31.2 Å². The fraction of sp³-hybridized carbons (Fsp3) is 0.111. The monoisotopic (exact) mass is 400 g/mol. The van der Waals surface area contributed by atoms with Crippen LogP contribution in [0.2, 0.25) is 0 Å². The molecule has 1 heterocycles. The molecule has 0 spiro atoms. The van der Waals surface area contributed by atoms with Crippen LogP contribution in [0.4, 0.5) is 23.0 Å². The van der Waals surface area contributed by atoms with E-state index in [1.165, 1.54) is 18.5 Å². The van der Waals surface area contributed by atoms with E-state index in [4.69, 9.17) is 10.5 Å². The summed E-state index contributed by atoms with van der Waals surface area (Å²) < 4.78 is 30.0. The molecule has 0 atom stereocenters. The molecule has 5 N–H and O–H groups in total. The van der Waals surface area contributed by atoms with E-state index in [0.29, 0.717) is 17.3 Å². The minimum atomic E-state index is -3.79. The van der Waals surface area contributed by atoms with E-state index < -0.39 is 10.0 Å². The summed E-state index contributed by atoms with van der Waals surface area (Å²) in [6.45, 7) is 1.88. The molecule has 0 fully saturated rings. The van der Waals surface area contributed by atoms with Gasteiger partial charge < -0.3 is 15.8 Å². The lowest BCUT2D eigenvalue weighted by atomic mass is 10.2. The second kappa shape index (κ2) is 8.11. The zero-order chi connectivity index (χ0) is 20.1. The van der Waals surface area contributed by atoms with E-state index in [1.54, 1.807) is 31.4 Å². The van der Waals surface area contributed by atoms with Gasteiger partial charge in [-0.2, -0.15) is 0 Å².